The summed E-state index contributed by atoms with van der Waals surface area (Å²) < 4.78 is 1.94. The van der Waals surface area contributed by atoms with Crippen LogP contribution in [0.4, 0.5) is 11.5 Å². The number of imidazole rings is 1. The van der Waals surface area contributed by atoms with Crippen molar-refractivity contribution >= 4 is 28.8 Å². The molecule has 5 heteroatoms. The Bertz CT molecular complexity index is 1070. The third-order valence-corrected chi connectivity index (χ3v) is 4.38. The SMILES string of the molecule is Cc1cc(-c2nc3ccccn3c2N=Nc2ccccc2)ccc1Cl. The molecule has 2 aromatic carbocycles. The molecule has 0 bridgehead atoms. The predicted octanol–water partition coefficient (Wildman–Crippen LogP) is 6.38. The van der Waals surface area contributed by atoms with Crippen LogP contribution in [0.25, 0.3) is 16.9 Å². The van der Waals surface area contributed by atoms with Gasteiger partial charge >= 0.3 is 0 Å². The summed E-state index contributed by atoms with van der Waals surface area (Å²) >= 11 is 6.16. The highest BCUT2D eigenvalue weighted by molar-refractivity contribution is 6.31. The van der Waals surface area contributed by atoms with Crippen LogP contribution in [-0.2, 0) is 0 Å². The fourth-order valence-corrected chi connectivity index (χ4v) is 2.78. The van der Waals surface area contributed by atoms with Gasteiger partial charge in [0, 0.05) is 16.8 Å². The number of nitrogens with zero attached hydrogens (tertiary/aromatic N) is 4. The van der Waals surface area contributed by atoms with E-state index in [1.807, 2.05) is 84.3 Å². The Hall–Kier alpha value is -2.98. The fraction of sp³-hybridized carbons (Fsp3) is 0.0500. The molecule has 2 aromatic heterocycles. The molecular formula is C20H15ClN4. The maximum atomic E-state index is 6.16. The molecule has 0 N–H and O–H groups in total. The molecule has 0 aliphatic rings. The van der Waals surface area contributed by atoms with Gasteiger partial charge in [-0.15, -0.1) is 10.2 Å². The van der Waals surface area contributed by atoms with Gasteiger partial charge in [-0.05, 0) is 48.9 Å². The van der Waals surface area contributed by atoms with Gasteiger partial charge < -0.3 is 0 Å². The molecule has 0 atom stereocenters. The molecule has 0 saturated carbocycles. The Kier molecular flexibility index (Phi) is 4.04. The van der Waals surface area contributed by atoms with E-state index in [9.17, 15) is 0 Å². The van der Waals surface area contributed by atoms with Gasteiger partial charge in [0.2, 0.25) is 0 Å². The van der Waals surface area contributed by atoms with Crippen LogP contribution in [0.5, 0.6) is 0 Å². The zero-order valence-corrected chi connectivity index (χ0v) is 14.4. The molecule has 0 fully saturated rings. The lowest BCUT2D eigenvalue weighted by atomic mass is 10.1. The molecule has 122 valence electrons. The van der Waals surface area contributed by atoms with Crippen molar-refractivity contribution in [3.63, 3.8) is 0 Å². The summed E-state index contributed by atoms with van der Waals surface area (Å²) in [6.07, 6.45) is 1.94. The first kappa shape index (κ1) is 15.5. The van der Waals surface area contributed by atoms with Crippen molar-refractivity contribution in [2.24, 2.45) is 10.2 Å². The Morgan fingerprint density at radius 2 is 1.72 bits per heavy atom. The predicted molar refractivity (Wildman–Crippen MR) is 101 cm³/mol. The van der Waals surface area contributed by atoms with E-state index in [-0.39, 0.29) is 0 Å². The normalized spacial score (nSPS) is 11.4. The number of pyridine rings is 1. The first-order chi connectivity index (χ1) is 12.2. The number of halogens is 1. The maximum Gasteiger partial charge on any atom is 0.187 e. The van der Waals surface area contributed by atoms with Crippen molar-refractivity contribution in [3.05, 3.63) is 83.5 Å². The molecule has 0 aliphatic heterocycles. The van der Waals surface area contributed by atoms with Crippen LogP contribution in [0.3, 0.4) is 0 Å². The zero-order valence-electron chi connectivity index (χ0n) is 13.6. The van der Waals surface area contributed by atoms with E-state index >= 15 is 0 Å². The summed E-state index contributed by atoms with van der Waals surface area (Å²) in [7, 11) is 0. The van der Waals surface area contributed by atoms with Crippen molar-refractivity contribution in [2.75, 3.05) is 0 Å². The Morgan fingerprint density at radius 3 is 2.52 bits per heavy atom. The lowest BCUT2D eigenvalue weighted by Crippen LogP contribution is -1.83. The van der Waals surface area contributed by atoms with E-state index in [0.717, 1.165) is 33.2 Å². The van der Waals surface area contributed by atoms with Gasteiger partial charge in [0.15, 0.2) is 5.82 Å². The second kappa shape index (κ2) is 6.49. The maximum absolute atomic E-state index is 6.16. The second-order valence-electron chi connectivity index (χ2n) is 5.71. The molecule has 4 aromatic rings. The van der Waals surface area contributed by atoms with Crippen molar-refractivity contribution in [3.8, 4) is 11.3 Å². The van der Waals surface area contributed by atoms with Crippen LogP contribution in [0.2, 0.25) is 5.02 Å². The summed E-state index contributed by atoms with van der Waals surface area (Å²) in [5, 5.41) is 9.58. The minimum Gasteiger partial charge on any atom is -0.283 e. The molecule has 0 amide bonds. The standard InChI is InChI=1S/C20H15ClN4/c1-14-13-15(10-11-17(14)21)19-20(24-23-16-7-3-2-4-8-16)25-12-6-5-9-18(25)22-19/h2-13H,1H3. The van der Waals surface area contributed by atoms with Gasteiger partial charge in [0.1, 0.15) is 11.3 Å². The van der Waals surface area contributed by atoms with Crippen LogP contribution in [0.15, 0.2) is 83.2 Å². The van der Waals surface area contributed by atoms with E-state index in [4.69, 9.17) is 16.6 Å². The lowest BCUT2D eigenvalue weighted by Gasteiger charge is -2.03. The minimum absolute atomic E-state index is 0.696. The fourth-order valence-electron chi connectivity index (χ4n) is 2.66. The van der Waals surface area contributed by atoms with E-state index in [0.29, 0.717) is 5.82 Å². The largest absolute Gasteiger partial charge is 0.283 e. The van der Waals surface area contributed by atoms with Gasteiger partial charge in [-0.3, -0.25) is 4.40 Å². The molecule has 0 spiro atoms. The number of fused-ring (bicyclic) bond motifs is 1. The number of aromatic nitrogens is 2. The van der Waals surface area contributed by atoms with E-state index < -0.39 is 0 Å². The van der Waals surface area contributed by atoms with Gasteiger partial charge in [-0.2, -0.15) is 0 Å². The van der Waals surface area contributed by atoms with Crippen LogP contribution in [-0.4, -0.2) is 9.38 Å². The van der Waals surface area contributed by atoms with E-state index in [1.54, 1.807) is 0 Å². The van der Waals surface area contributed by atoms with Crippen molar-refractivity contribution < 1.29 is 0 Å². The number of benzene rings is 2. The van der Waals surface area contributed by atoms with Gasteiger partial charge in [0.05, 0.1) is 5.69 Å². The molecule has 25 heavy (non-hydrogen) atoms. The highest BCUT2D eigenvalue weighted by Gasteiger charge is 2.14. The van der Waals surface area contributed by atoms with Crippen LogP contribution in [0.1, 0.15) is 5.56 Å². The van der Waals surface area contributed by atoms with Crippen molar-refractivity contribution in [1.82, 2.24) is 9.38 Å². The molecule has 4 nitrogen and oxygen atoms in total. The molecule has 4 rings (SSSR count). The second-order valence-corrected chi connectivity index (χ2v) is 6.12. The monoisotopic (exact) mass is 346 g/mol. The molecule has 0 unspecified atom stereocenters. The average molecular weight is 347 g/mol. The van der Waals surface area contributed by atoms with Crippen molar-refractivity contribution in [2.45, 2.75) is 6.92 Å². The lowest BCUT2D eigenvalue weighted by molar-refractivity contribution is 1.11. The number of hydrogen-bond donors (Lipinski definition) is 0. The number of aryl methyl sites for hydroxylation is 1. The summed E-state index contributed by atoms with van der Waals surface area (Å²) in [6, 6.07) is 21.4. The highest BCUT2D eigenvalue weighted by Crippen LogP contribution is 2.33. The number of rotatable bonds is 3. The van der Waals surface area contributed by atoms with Gasteiger partial charge in [-0.1, -0.05) is 41.9 Å². The van der Waals surface area contributed by atoms with E-state index in [2.05, 4.69) is 10.2 Å². The van der Waals surface area contributed by atoms with Gasteiger partial charge in [0.25, 0.3) is 0 Å². The summed E-state index contributed by atoms with van der Waals surface area (Å²) in [4.78, 5) is 4.73. The third kappa shape index (κ3) is 3.04. The van der Waals surface area contributed by atoms with Crippen LogP contribution >= 0.6 is 11.6 Å². The topological polar surface area (TPSA) is 42.0 Å². The summed E-state index contributed by atoms with van der Waals surface area (Å²) in [5.41, 5.74) is 4.37. The smallest absolute Gasteiger partial charge is 0.187 e. The first-order valence-electron chi connectivity index (χ1n) is 7.93. The third-order valence-electron chi connectivity index (χ3n) is 3.95. The number of azo groups is 1. The average Bonchev–Trinajstić information content (AvgIpc) is 3.02. The van der Waals surface area contributed by atoms with Gasteiger partial charge in [-0.25, -0.2) is 4.98 Å². The molecular weight excluding hydrogens is 332 g/mol. The number of hydrogen-bond acceptors (Lipinski definition) is 3. The van der Waals surface area contributed by atoms with Crippen LogP contribution < -0.4 is 0 Å². The summed E-state index contributed by atoms with van der Waals surface area (Å²) in [6.45, 7) is 1.98. The summed E-state index contributed by atoms with van der Waals surface area (Å²) in [5.74, 6) is 0.696. The minimum atomic E-state index is 0.696. The van der Waals surface area contributed by atoms with Crippen LogP contribution in [0, 0.1) is 6.92 Å². The Balaban J connectivity index is 1.89. The van der Waals surface area contributed by atoms with E-state index in [1.165, 1.54) is 0 Å². The first-order valence-corrected chi connectivity index (χ1v) is 8.30. The van der Waals surface area contributed by atoms with Crippen molar-refractivity contribution in [1.29, 1.82) is 0 Å². The Labute approximate surface area is 150 Å². The molecule has 2 heterocycles. The molecule has 0 aliphatic carbocycles. The zero-order chi connectivity index (χ0) is 17.2. The highest BCUT2D eigenvalue weighted by atomic mass is 35.5. The molecule has 0 saturated heterocycles. The molecule has 0 radical (unpaired) electrons. The Morgan fingerprint density at radius 1 is 0.920 bits per heavy atom. The quantitative estimate of drug-likeness (QED) is 0.397.